The molecule has 8 heteroatoms. The number of carbonyl (C=O) groups is 1. The van der Waals surface area contributed by atoms with Gasteiger partial charge in [-0.15, -0.1) is 0 Å². The molecule has 1 aromatic heterocycles. The summed E-state index contributed by atoms with van der Waals surface area (Å²) in [6.07, 6.45) is 2.38. The van der Waals surface area contributed by atoms with Crippen molar-refractivity contribution in [2.75, 3.05) is 16.4 Å². The van der Waals surface area contributed by atoms with E-state index in [0.717, 1.165) is 40.8 Å². The van der Waals surface area contributed by atoms with E-state index in [0.29, 0.717) is 24.9 Å². The lowest BCUT2D eigenvalue weighted by Crippen LogP contribution is -2.41. The first kappa shape index (κ1) is 21.0. The summed E-state index contributed by atoms with van der Waals surface area (Å²) in [4.78, 5) is 18.4. The maximum Gasteiger partial charge on any atom is 0.412 e. The summed E-state index contributed by atoms with van der Waals surface area (Å²) in [5.74, 6) is 1.29. The lowest BCUT2D eigenvalue weighted by molar-refractivity contribution is 0.198. The Labute approximate surface area is 187 Å². The predicted molar refractivity (Wildman–Crippen MR) is 124 cm³/mol. The summed E-state index contributed by atoms with van der Waals surface area (Å²) >= 11 is 0. The molecular formula is C24H27N3O4S. The van der Waals surface area contributed by atoms with E-state index < -0.39 is 15.9 Å². The van der Waals surface area contributed by atoms with Crippen LogP contribution in [0.1, 0.15) is 49.2 Å². The third kappa shape index (κ3) is 3.66. The van der Waals surface area contributed by atoms with Gasteiger partial charge in [0.15, 0.2) is 0 Å². The number of rotatable bonds is 3. The number of anilines is 1. The highest BCUT2D eigenvalue weighted by Gasteiger charge is 2.32. The average Bonchev–Trinajstić information content (AvgIpc) is 3.12. The minimum atomic E-state index is -2.97. The zero-order valence-corrected chi connectivity index (χ0v) is 18.9. The van der Waals surface area contributed by atoms with E-state index in [1.54, 1.807) is 0 Å². The van der Waals surface area contributed by atoms with E-state index in [-0.39, 0.29) is 23.6 Å². The van der Waals surface area contributed by atoms with Gasteiger partial charge in [-0.3, -0.25) is 4.90 Å². The number of fused-ring (bicyclic) bond motifs is 3. The quantitative estimate of drug-likeness (QED) is 0.642. The fraction of sp³-hybridized carbons (Fsp3) is 0.417. The van der Waals surface area contributed by atoms with Gasteiger partial charge in [-0.05, 0) is 50.3 Å². The molecule has 2 aliphatic rings. The van der Waals surface area contributed by atoms with Crippen molar-refractivity contribution < 1.29 is 18.3 Å². The summed E-state index contributed by atoms with van der Waals surface area (Å²) in [7, 11) is -2.97. The summed E-state index contributed by atoms with van der Waals surface area (Å²) in [6.45, 7) is 1.93. The fourth-order valence-corrected chi connectivity index (χ4v) is 6.65. The normalized spacial score (nSPS) is 20.9. The van der Waals surface area contributed by atoms with Crippen LogP contribution in [0.25, 0.3) is 11.0 Å². The van der Waals surface area contributed by atoms with Gasteiger partial charge < -0.3 is 9.67 Å². The lowest BCUT2D eigenvalue weighted by atomic mass is 9.95. The zero-order valence-electron chi connectivity index (χ0n) is 18.1. The highest BCUT2D eigenvalue weighted by Crippen LogP contribution is 2.38. The Morgan fingerprint density at radius 3 is 2.50 bits per heavy atom. The van der Waals surface area contributed by atoms with Crippen molar-refractivity contribution in [2.24, 2.45) is 0 Å². The molecule has 0 saturated carbocycles. The standard InChI is InChI=1S/C24H27N3O4S/c1-16-7-8-19-20(26(16)24(28)29)9-10-21-23(19)25-22(15-17-5-3-2-4-6-17)27(21)18-11-13-32(30,31)14-12-18/h2-6,9-10,16,18H,7-8,11-15H2,1H3,(H,28,29)/t16-/m0/s1. The van der Waals surface area contributed by atoms with Crippen molar-refractivity contribution in [3.63, 3.8) is 0 Å². The third-order valence-electron chi connectivity index (χ3n) is 6.83. The molecule has 1 atom stereocenters. The van der Waals surface area contributed by atoms with Crippen molar-refractivity contribution in [2.45, 2.75) is 51.1 Å². The largest absolute Gasteiger partial charge is 0.465 e. The molecule has 1 N–H and O–H groups in total. The first-order valence-corrected chi connectivity index (χ1v) is 13.0. The molecule has 0 radical (unpaired) electrons. The summed E-state index contributed by atoms with van der Waals surface area (Å²) in [5, 5.41) is 9.78. The molecule has 3 heterocycles. The van der Waals surface area contributed by atoms with Gasteiger partial charge in [0.1, 0.15) is 15.7 Å². The van der Waals surface area contributed by atoms with E-state index in [1.165, 1.54) is 4.90 Å². The van der Waals surface area contributed by atoms with Gasteiger partial charge in [-0.25, -0.2) is 18.2 Å². The van der Waals surface area contributed by atoms with Gasteiger partial charge in [0.25, 0.3) is 0 Å². The molecule has 7 nitrogen and oxygen atoms in total. The van der Waals surface area contributed by atoms with Crippen LogP contribution in [0.4, 0.5) is 10.5 Å². The van der Waals surface area contributed by atoms with Gasteiger partial charge in [0.2, 0.25) is 0 Å². The molecule has 1 amide bonds. The maximum absolute atomic E-state index is 12.0. The Morgan fingerprint density at radius 2 is 1.81 bits per heavy atom. The maximum atomic E-state index is 12.0. The molecule has 3 aromatic rings. The Bertz CT molecular complexity index is 1270. The molecular weight excluding hydrogens is 426 g/mol. The molecule has 32 heavy (non-hydrogen) atoms. The molecule has 0 unspecified atom stereocenters. The third-order valence-corrected chi connectivity index (χ3v) is 8.54. The average molecular weight is 454 g/mol. The summed E-state index contributed by atoms with van der Waals surface area (Å²) < 4.78 is 26.3. The predicted octanol–water partition coefficient (Wildman–Crippen LogP) is 4.20. The highest BCUT2D eigenvalue weighted by atomic mass is 32.2. The van der Waals surface area contributed by atoms with Crippen molar-refractivity contribution in [3.05, 3.63) is 59.4 Å². The molecule has 0 aliphatic carbocycles. The fourth-order valence-electron chi connectivity index (χ4n) is 5.18. The number of sulfone groups is 1. The number of hydrogen-bond acceptors (Lipinski definition) is 4. The van der Waals surface area contributed by atoms with Crippen LogP contribution < -0.4 is 4.90 Å². The van der Waals surface area contributed by atoms with Gasteiger partial charge in [0, 0.05) is 24.1 Å². The minimum Gasteiger partial charge on any atom is -0.465 e. The number of hydrogen-bond donors (Lipinski definition) is 1. The van der Waals surface area contributed by atoms with E-state index >= 15 is 0 Å². The lowest BCUT2D eigenvalue weighted by Gasteiger charge is -2.33. The first-order valence-electron chi connectivity index (χ1n) is 11.1. The van der Waals surface area contributed by atoms with Crippen LogP contribution in [0.3, 0.4) is 0 Å². The number of nitrogens with zero attached hydrogens (tertiary/aromatic N) is 3. The number of benzene rings is 2. The Kier molecular flexibility index (Phi) is 5.20. The van der Waals surface area contributed by atoms with Crippen LogP contribution >= 0.6 is 0 Å². The van der Waals surface area contributed by atoms with Crippen LogP contribution in [0, 0.1) is 0 Å². The highest BCUT2D eigenvalue weighted by molar-refractivity contribution is 7.91. The number of aromatic nitrogens is 2. The molecule has 1 saturated heterocycles. The number of aryl methyl sites for hydroxylation is 1. The second kappa shape index (κ2) is 7.92. The van der Waals surface area contributed by atoms with E-state index in [2.05, 4.69) is 16.7 Å². The molecule has 168 valence electrons. The van der Waals surface area contributed by atoms with E-state index in [4.69, 9.17) is 4.98 Å². The number of amides is 1. The van der Waals surface area contributed by atoms with Crippen molar-refractivity contribution in [1.82, 2.24) is 9.55 Å². The second-order valence-electron chi connectivity index (χ2n) is 8.91. The van der Waals surface area contributed by atoms with Crippen molar-refractivity contribution in [3.8, 4) is 0 Å². The molecule has 1 fully saturated rings. The van der Waals surface area contributed by atoms with Crippen LogP contribution in [0.15, 0.2) is 42.5 Å². The first-order chi connectivity index (χ1) is 15.3. The van der Waals surface area contributed by atoms with Gasteiger partial charge in [0.05, 0.1) is 28.2 Å². The van der Waals surface area contributed by atoms with Gasteiger partial charge in [-0.2, -0.15) is 0 Å². The van der Waals surface area contributed by atoms with Crippen LogP contribution in [-0.4, -0.2) is 46.7 Å². The Morgan fingerprint density at radius 1 is 1.09 bits per heavy atom. The van der Waals surface area contributed by atoms with E-state index in [9.17, 15) is 18.3 Å². The zero-order chi connectivity index (χ0) is 22.5. The summed E-state index contributed by atoms with van der Waals surface area (Å²) in [6, 6.07) is 14.0. The molecule has 5 rings (SSSR count). The molecule has 0 bridgehead atoms. The second-order valence-corrected chi connectivity index (χ2v) is 11.2. The summed E-state index contributed by atoms with van der Waals surface area (Å²) in [5.41, 5.74) is 4.64. The van der Waals surface area contributed by atoms with Crippen molar-refractivity contribution in [1.29, 1.82) is 0 Å². The minimum absolute atomic E-state index is 0.0679. The Balaban J connectivity index is 1.66. The number of imidazole rings is 1. The Hall–Kier alpha value is -2.87. The van der Waals surface area contributed by atoms with Crippen LogP contribution in [0.5, 0.6) is 0 Å². The topological polar surface area (TPSA) is 92.5 Å². The van der Waals surface area contributed by atoms with Crippen molar-refractivity contribution >= 4 is 32.7 Å². The number of carboxylic acid groups (broad SMARTS) is 1. The van der Waals surface area contributed by atoms with Gasteiger partial charge in [-0.1, -0.05) is 30.3 Å². The van der Waals surface area contributed by atoms with E-state index in [1.807, 2.05) is 37.3 Å². The molecule has 0 spiro atoms. The SMILES string of the molecule is C[C@H]1CCc2c(ccc3c2nc(Cc2ccccc2)n3C2CCS(=O)(=O)CC2)N1C(=O)O. The molecule has 2 aliphatic heterocycles. The molecule has 2 aromatic carbocycles. The smallest absolute Gasteiger partial charge is 0.412 e. The van der Waals surface area contributed by atoms with Crippen LogP contribution in [-0.2, 0) is 22.7 Å². The monoisotopic (exact) mass is 453 g/mol. The van der Waals surface area contributed by atoms with Crippen LogP contribution in [0.2, 0.25) is 0 Å². The van der Waals surface area contributed by atoms with Gasteiger partial charge >= 0.3 is 6.09 Å².